The second-order valence-electron chi connectivity index (χ2n) is 14.3. The van der Waals surface area contributed by atoms with Crippen LogP contribution >= 0.6 is 11.3 Å². The standard InChI is InChI=1S/C42H33NOS/c1-2-8-31-28(7-1)13-14-29-20-30(15-16-32(29)31)43(42-22-25-17-26(23-42)19-27(18-25)24-42)35-21-37-40(33-9-3-5-11-36(33)44-37)41-39(35)34-10-4-6-12-38(34)45-41/h1-16,20-21,25-27H,17-19,22-24H2. The molecule has 0 spiro atoms. The van der Waals surface area contributed by atoms with E-state index in [1.54, 1.807) is 0 Å². The van der Waals surface area contributed by atoms with E-state index in [0.29, 0.717) is 0 Å². The van der Waals surface area contributed by atoms with Gasteiger partial charge < -0.3 is 9.32 Å². The Bertz CT molecular complexity index is 2460. The maximum Gasteiger partial charge on any atom is 0.138 e. The first-order valence-corrected chi connectivity index (χ1v) is 17.5. The number of hydrogen-bond donors (Lipinski definition) is 0. The third-order valence-corrected chi connectivity index (χ3v) is 12.9. The van der Waals surface area contributed by atoms with Crippen LogP contribution in [0.4, 0.5) is 11.4 Å². The molecule has 45 heavy (non-hydrogen) atoms. The zero-order valence-corrected chi connectivity index (χ0v) is 25.9. The van der Waals surface area contributed by atoms with Gasteiger partial charge in [-0.3, -0.25) is 0 Å². The van der Waals surface area contributed by atoms with Crippen LogP contribution in [-0.2, 0) is 0 Å². The molecule has 0 aliphatic heterocycles. The monoisotopic (exact) mass is 599 g/mol. The van der Waals surface area contributed by atoms with Crippen molar-refractivity contribution < 1.29 is 4.42 Å². The Morgan fingerprint density at radius 3 is 2.07 bits per heavy atom. The molecule has 4 saturated carbocycles. The van der Waals surface area contributed by atoms with Crippen LogP contribution in [-0.4, -0.2) is 5.54 Å². The third-order valence-electron chi connectivity index (χ3n) is 11.7. The summed E-state index contributed by atoms with van der Waals surface area (Å²) in [6, 6.07) is 40.8. The van der Waals surface area contributed by atoms with Gasteiger partial charge in [-0.15, -0.1) is 11.3 Å². The molecule has 4 aliphatic rings. The molecule has 12 rings (SSSR count). The van der Waals surface area contributed by atoms with Crippen LogP contribution in [0.25, 0.3) is 63.7 Å². The summed E-state index contributed by atoms with van der Waals surface area (Å²) >= 11 is 1.93. The van der Waals surface area contributed by atoms with Gasteiger partial charge in [-0.1, -0.05) is 78.9 Å². The van der Waals surface area contributed by atoms with Crippen molar-refractivity contribution in [3.8, 4) is 0 Å². The first kappa shape index (κ1) is 24.9. The van der Waals surface area contributed by atoms with Crippen LogP contribution in [0.2, 0.25) is 0 Å². The Hall–Kier alpha value is -4.34. The Morgan fingerprint density at radius 1 is 0.578 bits per heavy atom. The summed E-state index contributed by atoms with van der Waals surface area (Å²) in [6.07, 6.45) is 8.14. The molecule has 2 aromatic heterocycles. The lowest BCUT2D eigenvalue weighted by molar-refractivity contribution is 0.000664. The van der Waals surface area contributed by atoms with Gasteiger partial charge in [0.15, 0.2) is 0 Å². The highest BCUT2D eigenvalue weighted by Gasteiger charge is 2.54. The summed E-state index contributed by atoms with van der Waals surface area (Å²) in [5.41, 5.74) is 4.76. The van der Waals surface area contributed by atoms with Gasteiger partial charge >= 0.3 is 0 Å². The number of rotatable bonds is 3. The summed E-state index contributed by atoms with van der Waals surface area (Å²) in [4.78, 5) is 2.85. The molecule has 4 bridgehead atoms. The minimum Gasteiger partial charge on any atom is -0.456 e. The average molecular weight is 600 g/mol. The van der Waals surface area contributed by atoms with E-state index in [1.165, 1.54) is 102 Å². The molecule has 3 heteroatoms. The van der Waals surface area contributed by atoms with Crippen molar-refractivity contribution >= 4 is 86.4 Å². The number of hydrogen-bond acceptors (Lipinski definition) is 3. The van der Waals surface area contributed by atoms with Crippen LogP contribution in [0.3, 0.4) is 0 Å². The van der Waals surface area contributed by atoms with E-state index >= 15 is 0 Å². The zero-order chi connectivity index (χ0) is 29.3. The second-order valence-corrected chi connectivity index (χ2v) is 15.4. The van der Waals surface area contributed by atoms with E-state index in [9.17, 15) is 0 Å². The minimum atomic E-state index is 0.120. The summed E-state index contributed by atoms with van der Waals surface area (Å²) < 4.78 is 9.41. The van der Waals surface area contributed by atoms with Gasteiger partial charge in [0.05, 0.1) is 5.69 Å². The summed E-state index contributed by atoms with van der Waals surface area (Å²) in [5.74, 6) is 2.52. The molecular weight excluding hydrogens is 567 g/mol. The quantitative estimate of drug-likeness (QED) is 0.188. The maximum absolute atomic E-state index is 6.70. The van der Waals surface area contributed by atoms with Gasteiger partial charge in [-0.05, 0) is 102 Å². The molecule has 8 aromatic rings. The highest BCUT2D eigenvalue weighted by Crippen LogP contribution is 2.61. The van der Waals surface area contributed by atoms with Gasteiger partial charge in [-0.25, -0.2) is 0 Å². The van der Waals surface area contributed by atoms with E-state index in [0.717, 1.165) is 28.9 Å². The molecule has 6 aromatic carbocycles. The van der Waals surface area contributed by atoms with E-state index in [2.05, 4.69) is 114 Å². The first-order valence-electron chi connectivity index (χ1n) is 16.7. The Morgan fingerprint density at radius 2 is 1.24 bits per heavy atom. The minimum absolute atomic E-state index is 0.120. The molecule has 0 amide bonds. The van der Waals surface area contributed by atoms with Crippen LogP contribution in [0, 0.1) is 17.8 Å². The van der Waals surface area contributed by atoms with Gasteiger partial charge in [0.25, 0.3) is 0 Å². The highest BCUT2D eigenvalue weighted by molar-refractivity contribution is 7.27. The summed E-state index contributed by atoms with van der Waals surface area (Å²) in [6.45, 7) is 0. The van der Waals surface area contributed by atoms with Crippen LogP contribution in [0.15, 0.2) is 114 Å². The molecule has 0 radical (unpaired) electrons. The van der Waals surface area contributed by atoms with Gasteiger partial charge in [0.2, 0.25) is 0 Å². The Labute approximate surface area is 265 Å². The Kier molecular flexibility index (Phi) is 4.92. The molecule has 4 aliphatic carbocycles. The molecule has 0 atom stereocenters. The number of furan rings is 1. The second kappa shape index (κ2) is 8.89. The maximum atomic E-state index is 6.70. The van der Waals surface area contributed by atoms with Gasteiger partial charge in [0.1, 0.15) is 11.2 Å². The van der Waals surface area contributed by atoms with Crippen molar-refractivity contribution in [3.05, 3.63) is 109 Å². The fraction of sp³-hybridized carbons (Fsp3) is 0.238. The lowest BCUT2D eigenvalue weighted by Crippen LogP contribution is -2.58. The smallest absolute Gasteiger partial charge is 0.138 e. The molecule has 0 saturated heterocycles. The van der Waals surface area contributed by atoms with Gasteiger partial charge in [0, 0.05) is 48.2 Å². The third kappa shape index (κ3) is 3.45. The van der Waals surface area contributed by atoms with Crippen molar-refractivity contribution in [2.45, 2.75) is 44.1 Å². The fourth-order valence-electron chi connectivity index (χ4n) is 10.4. The number of nitrogens with zero attached hydrogens (tertiary/aromatic N) is 1. The van der Waals surface area contributed by atoms with Crippen molar-refractivity contribution in [1.29, 1.82) is 0 Å². The number of anilines is 2. The predicted octanol–water partition coefficient (Wildman–Crippen LogP) is 12.4. The summed E-state index contributed by atoms with van der Waals surface area (Å²) in [5, 5.41) is 10.5. The number of thiophene rings is 1. The van der Waals surface area contributed by atoms with E-state index in [4.69, 9.17) is 4.42 Å². The number of para-hydroxylation sites is 1. The van der Waals surface area contributed by atoms with Crippen molar-refractivity contribution in [2.24, 2.45) is 17.8 Å². The lowest BCUT2D eigenvalue weighted by Gasteiger charge is -2.61. The molecule has 4 fully saturated rings. The molecule has 2 nitrogen and oxygen atoms in total. The predicted molar refractivity (Wildman–Crippen MR) is 191 cm³/mol. The molecule has 218 valence electrons. The first-order chi connectivity index (χ1) is 22.2. The summed E-state index contributed by atoms with van der Waals surface area (Å²) in [7, 11) is 0. The zero-order valence-electron chi connectivity index (χ0n) is 25.1. The van der Waals surface area contributed by atoms with Crippen LogP contribution in [0.5, 0.6) is 0 Å². The van der Waals surface area contributed by atoms with E-state index in [-0.39, 0.29) is 5.54 Å². The van der Waals surface area contributed by atoms with Crippen molar-refractivity contribution in [3.63, 3.8) is 0 Å². The van der Waals surface area contributed by atoms with Gasteiger partial charge in [-0.2, -0.15) is 0 Å². The SMILES string of the molecule is c1ccc2c(c1)ccc1cc(N(c3cc4oc5ccccc5c4c4sc5ccccc5c34)C34CC5CC(CC(C5)C3)C4)ccc12. The lowest BCUT2D eigenvalue weighted by atomic mass is 9.52. The highest BCUT2D eigenvalue weighted by atomic mass is 32.1. The van der Waals surface area contributed by atoms with Crippen LogP contribution < -0.4 is 4.90 Å². The molecule has 2 heterocycles. The molecular formula is C42H33NOS. The topological polar surface area (TPSA) is 16.4 Å². The number of fused-ring (bicyclic) bond motifs is 10. The van der Waals surface area contributed by atoms with Crippen LogP contribution in [0.1, 0.15) is 38.5 Å². The molecule has 0 N–H and O–H groups in total. The normalized spacial score (nSPS) is 24.2. The Balaban J connectivity index is 1.25. The van der Waals surface area contributed by atoms with E-state index < -0.39 is 0 Å². The largest absolute Gasteiger partial charge is 0.456 e. The average Bonchev–Trinajstić information content (AvgIpc) is 3.62. The van der Waals surface area contributed by atoms with E-state index in [1.807, 2.05) is 11.3 Å². The number of benzene rings is 6. The fourth-order valence-corrected chi connectivity index (χ4v) is 11.7. The van der Waals surface area contributed by atoms with Crippen molar-refractivity contribution in [2.75, 3.05) is 4.90 Å². The molecule has 0 unspecified atom stereocenters. The van der Waals surface area contributed by atoms with Crippen molar-refractivity contribution in [1.82, 2.24) is 0 Å².